The van der Waals surface area contributed by atoms with Crippen LogP contribution in [0.2, 0.25) is 0 Å². The lowest BCUT2D eigenvalue weighted by molar-refractivity contribution is 0.331. The molecule has 1 aromatic heterocycles. The summed E-state index contributed by atoms with van der Waals surface area (Å²) in [5.74, 6) is -2.67. The largest absolute Gasteiger partial charge is 0.326 e. The third kappa shape index (κ3) is 2.44. The van der Waals surface area contributed by atoms with Gasteiger partial charge in [0, 0.05) is 19.2 Å². The Morgan fingerprint density at radius 2 is 1.76 bits per heavy atom. The van der Waals surface area contributed by atoms with Crippen molar-refractivity contribution in [1.82, 2.24) is 14.5 Å². The molecule has 1 aromatic carbocycles. The minimum absolute atomic E-state index is 0.00723. The number of halogens is 3. The predicted octanol–water partition coefficient (Wildman–Crippen LogP) is 3.11. The van der Waals surface area contributed by atoms with Crippen molar-refractivity contribution in [3.63, 3.8) is 0 Å². The van der Waals surface area contributed by atoms with Gasteiger partial charge in [0.1, 0.15) is 11.6 Å². The summed E-state index contributed by atoms with van der Waals surface area (Å²) < 4.78 is 42.4. The molecule has 3 rings (SSSR count). The highest BCUT2D eigenvalue weighted by molar-refractivity contribution is 5.58. The van der Waals surface area contributed by atoms with E-state index in [0.29, 0.717) is 25.0 Å². The van der Waals surface area contributed by atoms with Crippen LogP contribution in [0.3, 0.4) is 0 Å². The highest BCUT2D eigenvalue weighted by Gasteiger charge is 2.22. The first-order valence-corrected chi connectivity index (χ1v) is 6.87. The molecule has 0 amide bonds. The van der Waals surface area contributed by atoms with Gasteiger partial charge in [-0.1, -0.05) is 0 Å². The van der Waals surface area contributed by atoms with Gasteiger partial charge in [0.25, 0.3) is 0 Å². The average Bonchev–Trinajstić information content (AvgIpc) is 2.60. The summed E-state index contributed by atoms with van der Waals surface area (Å²) in [6, 6.07) is 1.46. The Balaban J connectivity index is 2.16. The normalized spacial score (nSPS) is 15.9. The van der Waals surface area contributed by atoms with Gasteiger partial charge in [-0.05, 0) is 33.0 Å². The van der Waals surface area contributed by atoms with Crippen LogP contribution in [0.15, 0.2) is 12.1 Å². The topological polar surface area (TPSA) is 21.1 Å². The highest BCUT2D eigenvalue weighted by Crippen LogP contribution is 2.28. The minimum atomic E-state index is -1.18. The Labute approximate surface area is 121 Å². The SMILES string of the molecule is Cc1nc(-c2cc(F)c(F)cc2F)n2c1CN(C)CCC2. The fourth-order valence-electron chi connectivity index (χ4n) is 2.78. The molecule has 0 saturated heterocycles. The van der Waals surface area contributed by atoms with Gasteiger partial charge in [0.05, 0.1) is 17.0 Å². The van der Waals surface area contributed by atoms with Crippen LogP contribution < -0.4 is 0 Å². The van der Waals surface area contributed by atoms with Gasteiger partial charge >= 0.3 is 0 Å². The van der Waals surface area contributed by atoms with Gasteiger partial charge in [0.2, 0.25) is 0 Å². The van der Waals surface area contributed by atoms with Crippen molar-refractivity contribution in [2.24, 2.45) is 0 Å². The molecule has 1 aliphatic rings. The van der Waals surface area contributed by atoms with E-state index in [0.717, 1.165) is 30.4 Å². The molecule has 0 saturated carbocycles. The quantitative estimate of drug-likeness (QED) is 0.754. The van der Waals surface area contributed by atoms with Gasteiger partial charge in [-0.3, -0.25) is 0 Å². The molecule has 1 aliphatic heterocycles. The summed E-state index contributed by atoms with van der Waals surface area (Å²) in [5, 5.41) is 0. The van der Waals surface area contributed by atoms with E-state index in [2.05, 4.69) is 9.88 Å². The highest BCUT2D eigenvalue weighted by atomic mass is 19.2. The summed E-state index contributed by atoms with van der Waals surface area (Å²) in [6.45, 7) is 4.19. The van der Waals surface area contributed by atoms with E-state index in [1.807, 2.05) is 18.5 Å². The van der Waals surface area contributed by atoms with E-state index < -0.39 is 17.5 Å². The van der Waals surface area contributed by atoms with Crippen LogP contribution in [-0.4, -0.2) is 28.0 Å². The summed E-state index contributed by atoms with van der Waals surface area (Å²) in [6.07, 6.45) is 0.900. The molecule has 0 spiro atoms. The summed E-state index contributed by atoms with van der Waals surface area (Å²) in [4.78, 5) is 6.54. The third-order valence-corrected chi connectivity index (χ3v) is 3.86. The van der Waals surface area contributed by atoms with Crippen molar-refractivity contribution < 1.29 is 13.2 Å². The molecule has 0 atom stereocenters. The second-order valence-electron chi connectivity index (χ2n) is 5.46. The number of benzene rings is 1. The van der Waals surface area contributed by atoms with Gasteiger partial charge in [-0.2, -0.15) is 0 Å². The lowest BCUT2D eigenvalue weighted by Crippen LogP contribution is -2.17. The molecule has 0 bridgehead atoms. The van der Waals surface area contributed by atoms with E-state index in [1.54, 1.807) is 0 Å². The van der Waals surface area contributed by atoms with Crippen molar-refractivity contribution in [2.75, 3.05) is 13.6 Å². The minimum Gasteiger partial charge on any atom is -0.326 e. The smallest absolute Gasteiger partial charge is 0.161 e. The Kier molecular flexibility index (Phi) is 3.49. The second kappa shape index (κ2) is 5.18. The molecule has 0 unspecified atom stereocenters. The molecular weight excluding hydrogens is 279 g/mol. The molecule has 3 nitrogen and oxygen atoms in total. The molecular formula is C15H16F3N3. The monoisotopic (exact) mass is 295 g/mol. The Hall–Kier alpha value is -1.82. The van der Waals surface area contributed by atoms with Crippen molar-refractivity contribution in [3.8, 4) is 11.4 Å². The number of hydrogen-bond donors (Lipinski definition) is 0. The molecule has 0 fully saturated rings. The van der Waals surface area contributed by atoms with E-state index in [9.17, 15) is 13.2 Å². The zero-order valence-corrected chi connectivity index (χ0v) is 12.0. The van der Waals surface area contributed by atoms with Gasteiger partial charge in [0.15, 0.2) is 11.6 Å². The van der Waals surface area contributed by atoms with Crippen LogP contribution in [0.1, 0.15) is 17.8 Å². The predicted molar refractivity (Wildman–Crippen MR) is 73.2 cm³/mol. The zero-order valence-electron chi connectivity index (χ0n) is 12.0. The molecule has 0 radical (unpaired) electrons. The fraction of sp³-hybridized carbons (Fsp3) is 0.400. The molecule has 6 heteroatoms. The zero-order chi connectivity index (χ0) is 15.1. The Morgan fingerprint density at radius 1 is 1.05 bits per heavy atom. The lowest BCUT2D eigenvalue weighted by atomic mass is 10.2. The van der Waals surface area contributed by atoms with Crippen LogP contribution in [0.25, 0.3) is 11.4 Å². The molecule has 0 N–H and O–H groups in total. The van der Waals surface area contributed by atoms with E-state index >= 15 is 0 Å². The number of nitrogens with zero attached hydrogens (tertiary/aromatic N) is 3. The number of fused-ring (bicyclic) bond motifs is 1. The number of rotatable bonds is 1. The average molecular weight is 295 g/mol. The second-order valence-corrected chi connectivity index (χ2v) is 5.46. The number of hydrogen-bond acceptors (Lipinski definition) is 2. The number of aryl methyl sites for hydroxylation is 1. The summed E-state index contributed by atoms with van der Waals surface area (Å²) in [7, 11) is 2.01. The number of imidazole rings is 1. The van der Waals surface area contributed by atoms with Crippen molar-refractivity contribution in [1.29, 1.82) is 0 Å². The molecule has 0 aliphatic carbocycles. The summed E-state index contributed by atoms with van der Waals surface area (Å²) >= 11 is 0. The number of aromatic nitrogens is 2. The van der Waals surface area contributed by atoms with E-state index in [1.165, 1.54) is 0 Å². The first kappa shape index (κ1) is 14.1. The molecule has 2 heterocycles. The first-order valence-electron chi connectivity index (χ1n) is 6.87. The Bertz CT molecular complexity index is 694. The van der Waals surface area contributed by atoms with E-state index in [-0.39, 0.29) is 5.56 Å². The van der Waals surface area contributed by atoms with E-state index in [4.69, 9.17) is 0 Å². The molecule has 2 aromatic rings. The maximum absolute atomic E-state index is 14.0. The van der Waals surface area contributed by atoms with Crippen molar-refractivity contribution in [3.05, 3.63) is 41.0 Å². The van der Waals surface area contributed by atoms with Crippen LogP contribution in [-0.2, 0) is 13.1 Å². The van der Waals surface area contributed by atoms with Crippen LogP contribution in [0.4, 0.5) is 13.2 Å². The van der Waals surface area contributed by atoms with Gasteiger partial charge < -0.3 is 9.47 Å². The summed E-state index contributed by atoms with van der Waals surface area (Å²) in [5.41, 5.74) is 1.80. The fourth-order valence-corrected chi connectivity index (χ4v) is 2.78. The van der Waals surface area contributed by atoms with Crippen molar-refractivity contribution in [2.45, 2.75) is 26.4 Å². The van der Waals surface area contributed by atoms with Crippen LogP contribution in [0.5, 0.6) is 0 Å². The molecule has 21 heavy (non-hydrogen) atoms. The van der Waals surface area contributed by atoms with Gasteiger partial charge in [-0.15, -0.1) is 0 Å². The third-order valence-electron chi connectivity index (χ3n) is 3.86. The van der Waals surface area contributed by atoms with Gasteiger partial charge in [-0.25, -0.2) is 18.2 Å². The van der Waals surface area contributed by atoms with Crippen molar-refractivity contribution >= 4 is 0 Å². The maximum Gasteiger partial charge on any atom is 0.161 e. The maximum atomic E-state index is 14.0. The van der Waals surface area contributed by atoms with Crippen LogP contribution in [0, 0.1) is 24.4 Å². The van der Waals surface area contributed by atoms with Crippen LogP contribution >= 0.6 is 0 Å². The molecule has 112 valence electrons. The standard InChI is InChI=1S/C15H16F3N3/c1-9-14-8-20(2)4-3-5-21(14)15(19-9)10-6-12(17)13(18)7-11(10)16/h6-7H,3-5,8H2,1-2H3. The first-order chi connectivity index (χ1) is 9.97. The lowest BCUT2D eigenvalue weighted by Gasteiger charge is -2.12. The Morgan fingerprint density at radius 3 is 2.52 bits per heavy atom.